The summed E-state index contributed by atoms with van der Waals surface area (Å²) in [6.45, 7) is 1.88. The zero-order valence-corrected chi connectivity index (χ0v) is 17.9. The summed E-state index contributed by atoms with van der Waals surface area (Å²) in [6.07, 6.45) is 6.15. The SMILES string of the molecule is CNC(C)C(=O)NC1CCC(Oc2ccc3c(c2)CC[C@@H](c2ccccc2)O3)CC1. The fourth-order valence-electron chi connectivity index (χ4n) is 4.32. The number of amides is 1. The number of aryl methyl sites for hydroxylation is 1. The van der Waals surface area contributed by atoms with Crippen LogP contribution in [0.3, 0.4) is 0 Å². The summed E-state index contributed by atoms with van der Waals surface area (Å²) in [5.41, 5.74) is 2.46. The third-order valence-electron chi connectivity index (χ3n) is 6.30. The second kappa shape index (κ2) is 9.52. The molecule has 0 aromatic heterocycles. The molecule has 4 rings (SSSR count). The number of rotatable bonds is 6. The van der Waals surface area contributed by atoms with Crippen molar-refractivity contribution in [1.29, 1.82) is 0 Å². The van der Waals surface area contributed by atoms with Crippen molar-refractivity contribution >= 4 is 5.91 Å². The van der Waals surface area contributed by atoms with Crippen molar-refractivity contribution in [1.82, 2.24) is 10.6 Å². The molecule has 5 heteroatoms. The van der Waals surface area contributed by atoms with Crippen LogP contribution in [0.1, 0.15) is 56.3 Å². The molecule has 0 bridgehead atoms. The standard InChI is InChI=1S/C25H32N2O3/c1-17(26-2)25(28)27-20-9-11-21(12-10-20)29-22-13-15-24-19(16-22)8-14-23(30-24)18-6-4-3-5-7-18/h3-7,13,15-17,20-21,23,26H,8-12,14H2,1-2H3,(H,27,28)/t17?,20?,21?,23-/m0/s1. The first-order valence-electron chi connectivity index (χ1n) is 11.1. The summed E-state index contributed by atoms with van der Waals surface area (Å²) in [5, 5.41) is 6.12. The summed E-state index contributed by atoms with van der Waals surface area (Å²) >= 11 is 0. The average molecular weight is 409 g/mol. The van der Waals surface area contributed by atoms with Crippen LogP contribution < -0.4 is 20.1 Å². The van der Waals surface area contributed by atoms with Gasteiger partial charge in [-0.3, -0.25) is 4.79 Å². The van der Waals surface area contributed by atoms with Crippen molar-refractivity contribution in [2.75, 3.05) is 7.05 Å². The molecule has 1 saturated carbocycles. The van der Waals surface area contributed by atoms with Crippen molar-refractivity contribution < 1.29 is 14.3 Å². The first-order chi connectivity index (χ1) is 14.6. The van der Waals surface area contributed by atoms with E-state index in [4.69, 9.17) is 9.47 Å². The summed E-state index contributed by atoms with van der Waals surface area (Å²) in [4.78, 5) is 12.0. The van der Waals surface area contributed by atoms with Gasteiger partial charge in [0, 0.05) is 6.04 Å². The van der Waals surface area contributed by atoms with Gasteiger partial charge in [0.15, 0.2) is 0 Å². The molecule has 2 aliphatic rings. The Morgan fingerprint density at radius 2 is 1.83 bits per heavy atom. The van der Waals surface area contributed by atoms with Gasteiger partial charge in [0.05, 0.1) is 12.1 Å². The summed E-state index contributed by atoms with van der Waals surface area (Å²) in [6, 6.07) is 16.7. The lowest BCUT2D eigenvalue weighted by Gasteiger charge is -2.31. The van der Waals surface area contributed by atoms with Gasteiger partial charge < -0.3 is 20.1 Å². The molecule has 2 N–H and O–H groups in total. The van der Waals surface area contributed by atoms with Crippen molar-refractivity contribution in [2.45, 2.75) is 69.7 Å². The fourth-order valence-corrected chi connectivity index (χ4v) is 4.32. The minimum Gasteiger partial charge on any atom is -0.490 e. The van der Waals surface area contributed by atoms with Gasteiger partial charge in [0.1, 0.15) is 17.6 Å². The van der Waals surface area contributed by atoms with E-state index in [-0.39, 0.29) is 30.2 Å². The zero-order chi connectivity index (χ0) is 20.9. The lowest BCUT2D eigenvalue weighted by Crippen LogP contribution is -2.47. The van der Waals surface area contributed by atoms with Gasteiger partial charge in [0.2, 0.25) is 5.91 Å². The van der Waals surface area contributed by atoms with Crippen LogP contribution >= 0.6 is 0 Å². The first-order valence-corrected chi connectivity index (χ1v) is 11.1. The van der Waals surface area contributed by atoms with E-state index in [0.717, 1.165) is 50.0 Å². The Labute approximate surface area is 179 Å². The molecule has 1 fully saturated rings. The molecule has 2 aromatic rings. The molecule has 1 heterocycles. The number of carbonyl (C=O) groups excluding carboxylic acids is 1. The molecular formula is C25H32N2O3. The van der Waals surface area contributed by atoms with Gasteiger partial charge in [-0.15, -0.1) is 0 Å². The highest BCUT2D eigenvalue weighted by Gasteiger charge is 2.26. The highest BCUT2D eigenvalue weighted by atomic mass is 16.5. The molecular weight excluding hydrogens is 376 g/mol. The molecule has 0 spiro atoms. The van der Waals surface area contributed by atoms with E-state index in [1.807, 2.05) is 25.1 Å². The van der Waals surface area contributed by atoms with Crippen molar-refractivity contribution in [3.05, 3.63) is 59.7 Å². The molecule has 160 valence electrons. The van der Waals surface area contributed by atoms with Gasteiger partial charge in [-0.2, -0.15) is 0 Å². The maximum Gasteiger partial charge on any atom is 0.237 e. The molecule has 1 unspecified atom stereocenters. The number of hydrogen-bond donors (Lipinski definition) is 2. The number of carbonyl (C=O) groups is 1. The summed E-state index contributed by atoms with van der Waals surface area (Å²) < 4.78 is 12.5. The van der Waals surface area contributed by atoms with E-state index in [2.05, 4.69) is 41.0 Å². The van der Waals surface area contributed by atoms with Crippen LogP contribution in [0, 0.1) is 0 Å². The van der Waals surface area contributed by atoms with Gasteiger partial charge in [-0.25, -0.2) is 0 Å². The molecule has 2 aromatic carbocycles. The van der Waals surface area contributed by atoms with Crippen LogP contribution in [0.25, 0.3) is 0 Å². The van der Waals surface area contributed by atoms with Crippen LogP contribution in [0.2, 0.25) is 0 Å². The predicted octanol–water partition coefficient (Wildman–Crippen LogP) is 4.17. The molecule has 2 atom stereocenters. The Hall–Kier alpha value is -2.53. The van der Waals surface area contributed by atoms with Gasteiger partial charge in [-0.1, -0.05) is 30.3 Å². The van der Waals surface area contributed by atoms with E-state index in [9.17, 15) is 4.79 Å². The third-order valence-corrected chi connectivity index (χ3v) is 6.30. The number of fused-ring (bicyclic) bond motifs is 1. The monoisotopic (exact) mass is 408 g/mol. The van der Waals surface area contributed by atoms with E-state index >= 15 is 0 Å². The Morgan fingerprint density at radius 3 is 2.57 bits per heavy atom. The first kappa shape index (κ1) is 20.7. The normalized spacial score (nSPS) is 24.3. The third kappa shape index (κ3) is 4.96. The summed E-state index contributed by atoms with van der Waals surface area (Å²) in [7, 11) is 1.81. The Balaban J connectivity index is 1.29. The number of likely N-dealkylation sites (N-methyl/N-ethyl adjacent to an activating group) is 1. The molecule has 0 saturated heterocycles. The Bertz CT molecular complexity index is 847. The molecule has 1 amide bonds. The lowest BCUT2D eigenvalue weighted by molar-refractivity contribution is -0.123. The van der Waals surface area contributed by atoms with E-state index in [1.165, 1.54) is 11.1 Å². The average Bonchev–Trinajstić information content (AvgIpc) is 2.80. The van der Waals surface area contributed by atoms with Gasteiger partial charge >= 0.3 is 0 Å². The Morgan fingerprint density at radius 1 is 1.07 bits per heavy atom. The predicted molar refractivity (Wildman–Crippen MR) is 118 cm³/mol. The second-order valence-corrected chi connectivity index (χ2v) is 8.44. The fraction of sp³-hybridized carbons (Fsp3) is 0.480. The molecule has 1 aliphatic carbocycles. The molecule has 0 radical (unpaired) electrons. The molecule has 30 heavy (non-hydrogen) atoms. The highest BCUT2D eigenvalue weighted by Crippen LogP contribution is 2.37. The minimum absolute atomic E-state index is 0.0744. The van der Waals surface area contributed by atoms with Crippen LogP contribution in [-0.2, 0) is 11.2 Å². The maximum absolute atomic E-state index is 12.0. The lowest BCUT2D eigenvalue weighted by atomic mass is 9.92. The maximum atomic E-state index is 12.0. The van der Waals surface area contributed by atoms with E-state index in [1.54, 1.807) is 7.05 Å². The number of nitrogens with one attached hydrogen (secondary N) is 2. The van der Waals surface area contributed by atoms with Gasteiger partial charge in [-0.05, 0) is 81.8 Å². The van der Waals surface area contributed by atoms with Crippen molar-refractivity contribution in [2.24, 2.45) is 0 Å². The van der Waals surface area contributed by atoms with Gasteiger partial charge in [0.25, 0.3) is 0 Å². The largest absolute Gasteiger partial charge is 0.490 e. The van der Waals surface area contributed by atoms with E-state index < -0.39 is 0 Å². The molecule has 1 aliphatic heterocycles. The number of benzene rings is 2. The Kier molecular flexibility index (Phi) is 6.58. The molecule has 5 nitrogen and oxygen atoms in total. The smallest absolute Gasteiger partial charge is 0.237 e. The topological polar surface area (TPSA) is 59.6 Å². The van der Waals surface area contributed by atoms with Crippen LogP contribution in [0.15, 0.2) is 48.5 Å². The highest BCUT2D eigenvalue weighted by molar-refractivity contribution is 5.81. The zero-order valence-electron chi connectivity index (χ0n) is 17.9. The quantitative estimate of drug-likeness (QED) is 0.753. The van der Waals surface area contributed by atoms with Crippen molar-refractivity contribution in [3.63, 3.8) is 0 Å². The minimum atomic E-state index is -0.154. The van der Waals surface area contributed by atoms with Crippen LogP contribution in [-0.4, -0.2) is 31.1 Å². The number of hydrogen-bond acceptors (Lipinski definition) is 4. The second-order valence-electron chi connectivity index (χ2n) is 8.44. The van der Waals surface area contributed by atoms with Crippen LogP contribution in [0.4, 0.5) is 0 Å². The van der Waals surface area contributed by atoms with Crippen molar-refractivity contribution in [3.8, 4) is 11.5 Å². The van der Waals surface area contributed by atoms with E-state index in [0.29, 0.717) is 0 Å². The number of ether oxygens (including phenoxy) is 2. The summed E-state index contributed by atoms with van der Waals surface area (Å²) in [5.74, 6) is 1.96. The van der Waals surface area contributed by atoms with Crippen LogP contribution in [0.5, 0.6) is 11.5 Å².